The van der Waals surface area contributed by atoms with Gasteiger partial charge < -0.3 is 14.1 Å². The second-order valence-corrected chi connectivity index (χ2v) is 15.4. The van der Waals surface area contributed by atoms with Crippen LogP contribution in [0.1, 0.15) is 126 Å². The Bertz CT molecular complexity index is 1240. The molecule has 3 aliphatic rings. The molecule has 0 aromatic heterocycles. The predicted octanol–water partition coefficient (Wildman–Crippen LogP) is 4.07. The normalized spacial score (nSPS) is 20.8. The molecule has 3 atom stereocenters. The van der Waals surface area contributed by atoms with E-state index in [9.17, 15) is 32.4 Å². The van der Waals surface area contributed by atoms with Crippen LogP contribution in [0.5, 0.6) is 0 Å². The summed E-state index contributed by atoms with van der Waals surface area (Å²) in [5, 5.41) is 0.490. The predicted molar refractivity (Wildman–Crippen MR) is 185 cm³/mol. The van der Waals surface area contributed by atoms with E-state index in [2.05, 4.69) is 42.8 Å². The van der Waals surface area contributed by atoms with E-state index in [4.69, 9.17) is 9.29 Å². The topological polar surface area (TPSA) is 192 Å². The lowest BCUT2D eigenvalue weighted by Crippen LogP contribution is -2.57. The van der Waals surface area contributed by atoms with Crippen LogP contribution in [0.3, 0.4) is 0 Å². The van der Waals surface area contributed by atoms with Crippen LogP contribution in [-0.4, -0.2) is 119 Å². The number of unbranched alkanes of at least 4 members (excludes halogenated alkanes) is 4. The van der Waals surface area contributed by atoms with Crippen LogP contribution >= 0.6 is 0 Å². The summed E-state index contributed by atoms with van der Waals surface area (Å²) in [6, 6.07) is -3.84. The summed E-state index contributed by atoms with van der Waals surface area (Å²) >= 11 is 0. The van der Waals surface area contributed by atoms with Crippen LogP contribution in [0.2, 0.25) is 0 Å². The van der Waals surface area contributed by atoms with Gasteiger partial charge in [0.05, 0.1) is 32.2 Å². The molecule has 3 aliphatic heterocycles. The molecule has 3 fully saturated rings. The fraction of sp³-hybridized carbons (Fsp3) is 0.848. The molecule has 16 nitrogen and oxygen atoms in total. The summed E-state index contributed by atoms with van der Waals surface area (Å²) in [4.78, 5) is 63.7. The Morgan fingerprint density at radius 1 is 0.820 bits per heavy atom. The number of urea groups is 1. The van der Waals surface area contributed by atoms with Crippen molar-refractivity contribution in [1.82, 2.24) is 25.7 Å². The second-order valence-electron chi connectivity index (χ2n) is 14.4. The molecular formula is C33H61N6O10S+. The first-order chi connectivity index (χ1) is 23.4. The summed E-state index contributed by atoms with van der Waals surface area (Å²) in [5.74, 6) is -2.18. The highest BCUT2D eigenvalue weighted by atomic mass is 32.3. The zero-order valence-corrected chi connectivity index (χ0v) is 31.9. The van der Waals surface area contributed by atoms with Gasteiger partial charge in [0, 0.05) is 13.0 Å². The number of rotatable bonds is 16. The van der Waals surface area contributed by atoms with E-state index in [1.807, 2.05) is 0 Å². The number of likely N-dealkylation sites (tertiary alicyclic amines) is 1. The first-order valence-corrected chi connectivity index (χ1v) is 19.6. The van der Waals surface area contributed by atoms with Crippen molar-refractivity contribution in [2.75, 3.05) is 32.7 Å². The summed E-state index contributed by atoms with van der Waals surface area (Å²) in [6.45, 7) is 19.8. The van der Waals surface area contributed by atoms with Crippen LogP contribution in [0.15, 0.2) is 0 Å². The van der Waals surface area contributed by atoms with Crippen LogP contribution in [0.25, 0.3) is 0 Å². The molecule has 17 heteroatoms. The lowest BCUT2D eigenvalue weighted by molar-refractivity contribution is -0.929. The van der Waals surface area contributed by atoms with Crippen molar-refractivity contribution in [3.05, 3.63) is 0 Å². The SMILES string of the molecule is CC(C)(C)OC(=O)N1C(=O)CC[C@H]1C(=O)NNC(=O)[C@@H]1CC[C@@H]2CN1C(=O)N2OS(=O)(=O)O.CCCC[N+](CCCC)(CCCC)CCCC. The summed E-state index contributed by atoms with van der Waals surface area (Å²) in [5.41, 5.74) is 3.44. The zero-order valence-electron chi connectivity index (χ0n) is 31.1. The van der Waals surface area contributed by atoms with Gasteiger partial charge in [-0.3, -0.25) is 29.8 Å². The van der Waals surface area contributed by atoms with Gasteiger partial charge in [-0.05, 0) is 65.7 Å². The first kappa shape index (κ1) is 43.1. The molecule has 0 aliphatic carbocycles. The van der Waals surface area contributed by atoms with Crippen molar-refractivity contribution in [2.24, 2.45) is 0 Å². The third kappa shape index (κ3) is 12.9. The van der Waals surface area contributed by atoms with Gasteiger partial charge in [-0.25, -0.2) is 14.5 Å². The van der Waals surface area contributed by atoms with Crippen LogP contribution in [0, 0.1) is 0 Å². The number of piperidine rings is 1. The largest absolute Gasteiger partial charge is 0.443 e. The van der Waals surface area contributed by atoms with E-state index < -0.39 is 64.0 Å². The Kier molecular flexibility index (Phi) is 16.9. The van der Waals surface area contributed by atoms with Gasteiger partial charge in [0.25, 0.3) is 11.8 Å². The summed E-state index contributed by atoms with van der Waals surface area (Å²) in [7, 11) is -4.93. The molecule has 3 rings (SSSR count). The maximum atomic E-state index is 12.6. The van der Waals surface area contributed by atoms with Crippen molar-refractivity contribution >= 4 is 40.2 Å². The molecule has 3 N–H and O–H groups in total. The maximum Gasteiger partial charge on any atom is 0.418 e. The van der Waals surface area contributed by atoms with Crippen molar-refractivity contribution in [2.45, 2.75) is 149 Å². The molecule has 0 saturated carbocycles. The van der Waals surface area contributed by atoms with E-state index in [0.29, 0.717) is 9.96 Å². The van der Waals surface area contributed by atoms with Gasteiger partial charge >= 0.3 is 22.5 Å². The van der Waals surface area contributed by atoms with E-state index in [0.717, 1.165) is 4.90 Å². The number of ether oxygens (including phenoxy) is 1. The van der Waals surface area contributed by atoms with Gasteiger partial charge in [0.2, 0.25) is 5.91 Å². The number of nitrogens with zero attached hydrogens (tertiary/aromatic N) is 4. The molecule has 3 heterocycles. The third-order valence-electron chi connectivity index (χ3n) is 9.16. The number of hydroxylamine groups is 2. The standard InChI is InChI=1S/C17H25N5O10S.C16H36N/c1-17(2,3)31-16(27)21-11(6-7-12(21)23)14(25)19-18-13(24)10-5-4-9-8-20(10)15(26)22(9)32-33(28,29)30;1-5-9-13-17(14-10-6-2,15-11-7-3)16-12-8-4/h9-11H,4-8H2,1-3H3,(H,18,24)(H,19,25)(H,28,29,30);5-16H2,1-4H3/q;+1/t9-,10+,11+;/m1./s1. The quantitative estimate of drug-likeness (QED) is 0.118. The Morgan fingerprint density at radius 3 is 1.74 bits per heavy atom. The molecule has 0 spiro atoms. The van der Waals surface area contributed by atoms with Crippen molar-refractivity contribution < 1.29 is 50.4 Å². The zero-order chi connectivity index (χ0) is 37.7. The Morgan fingerprint density at radius 2 is 1.30 bits per heavy atom. The maximum absolute atomic E-state index is 12.6. The van der Waals surface area contributed by atoms with Gasteiger partial charge in [-0.1, -0.05) is 53.4 Å². The minimum absolute atomic E-state index is 0.0239. The minimum Gasteiger partial charge on any atom is -0.443 e. The van der Waals surface area contributed by atoms with Crippen LogP contribution < -0.4 is 10.9 Å². The fourth-order valence-corrected chi connectivity index (χ4v) is 6.90. The highest BCUT2D eigenvalue weighted by molar-refractivity contribution is 7.80. The van der Waals surface area contributed by atoms with Gasteiger partial charge in [-0.15, -0.1) is 4.28 Å². The Hall–Kier alpha value is -3.02. The number of amides is 6. The van der Waals surface area contributed by atoms with Crippen molar-refractivity contribution in [3.63, 3.8) is 0 Å². The summed E-state index contributed by atoms with van der Waals surface area (Å²) in [6.07, 6.45) is 10.4. The molecule has 0 aromatic carbocycles. The van der Waals surface area contributed by atoms with E-state index in [-0.39, 0.29) is 32.2 Å². The molecule has 0 aromatic rings. The van der Waals surface area contributed by atoms with Crippen molar-refractivity contribution in [1.29, 1.82) is 0 Å². The third-order valence-corrected chi connectivity index (χ3v) is 9.51. The summed E-state index contributed by atoms with van der Waals surface area (Å²) < 4.78 is 41.6. The molecule has 3 saturated heterocycles. The molecule has 288 valence electrons. The highest BCUT2D eigenvalue weighted by Crippen LogP contribution is 2.31. The number of quaternary nitrogens is 1. The number of fused-ring (bicyclic) bond motifs is 2. The Balaban J connectivity index is 0.000000432. The molecule has 50 heavy (non-hydrogen) atoms. The van der Waals surface area contributed by atoms with Gasteiger partial charge in [0.1, 0.15) is 17.7 Å². The van der Waals surface area contributed by atoms with Crippen molar-refractivity contribution in [3.8, 4) is 0 Å². The number of hydrogen-bond acceptors (Lipinski definition) is 9. The van der Waals surface area contributed by atoms with E-state index >= 15 is 0 Å². The van der Waals surface area contributed by atoms with Gasteiger partial charge in [0.15, 0.2) is 0 Å². The average Bonchev–Trinajstić information content (AvgIpc) is 3.54. The number of carbonyl (C=O) groups is 5. The fourth-order valence-electron chi connectivity index (χ4n) is 6.51. The molecular weight excluding hydrogens is 672 g/mol. The number of hydrazine groups is 1. The average molecular weight is 734 g/mol. The first-order valence-electron chi connectivity index (χ1n) is 18.2. The number of imide groups is 1. The molecule has 0 radical (unpaired) electrons. The Labute approximate surface area is 298 Å². The second kappa shape index (κ2) is 19.6. The lowest BCUT2D eigenvalue weighted by atomic mass is 10.0. The number of carbonyl (C=O) groups excluding carboxylic acids is 5. The molecule has 2 bridgehead atoms. The van der Waals surface area contributed by atoms with E-state index in [1.54, 1.807) is 20.8 Å². The molecule has 6 amide bonds. The van der Waals surface area contributed by atoms with E-state index in [1.165, 1.54) is 82.0 Å². The van der Waals surface area contributed by atoms with Gasteiger partial charge in [-0.2, -0.15) is 13.5 Å². The van der Waals surface area contributed by atoms with Crippen LogP contribution in [-0.2, 0) is 33.8 Å². The number of nitrogens with one attached hydrogen (secondary N) is 2. The van der Waals surface area contributed by atoms with Crippen LogP contribution in [0.4, 0.5) is 9.59 Å². The minimum atomic E-state index is -4.93. The lowest BCUT2D eigenvalue weighted by Gasteiger charge is -2.39. The number of hydrogen-bond donors (Lipinski definition) is 3. The highest BCUT2D eigenvalue weighted by Gasteiger charge is 2.50. The smallest absolute Gasteiger partial charge is 0.418 e. The molecule has 0 unspecified atom stereocenters. The monoisotopic (exact) mass is 733 g/mol.